The fourth-order valence-electron chi connectivity index (χ4n) is 2.35. The highest BCUT2D eigenvalue weighted by molar-refractivity contribution is 5.81. The van der Waals surface area contributed by atoms with Crippen LogP contribution in [0.2, 0.25) is 0 Å². The summed E-state index contributed by atoms with van der Waals surface area (Å²) in [6, 6.07) is 10.2. The van der Waals surface area contributed by atoms with Crippen molar-refractivity contribution in [3.63, 3.8) is 0 Å². The summed E-state index contributed by atoms with van der Waals surface area (Å²) in [5.74, 6) is 0.236. The SMILES string of the molecule is C[C@@H](C(=O)N1CCNCC1)N(C)Cc1ccccc1. The molecule has 1 fully saturated rings. The van der Waals surface area contributed by atoms with Crippen molar-refractivity contribution >= 4 is 5.91 Å². The highest BCUT2D eigenvalue weighted by Crippen LogP contribution is 2.08. The predicted molar refractivity (Wildman–Crippen MR) is 76.8 cm³/mol. The second-order valence-electron chi connectivity index (χ2n) is 5.15. The Morgan fingerprint density at radius 3 is 2.58 bits per heavy atom. The number of nitrogens with zero attached hydrogens (tertiary/aromatic N) is 2. The van der Waals surface area contributed by atoms with Crippen molar-refractivity contribution in [2.75, 3.05) is 33.2 Å². The summed E-state index contributed by atoms with van der Waals surface area (Å²) in [4.78, 5) is 16.5. The van der Waals surface area contributed by atoms with E-state index in [9.17, 15) is 4.79 Å². The second kappa shape index (κ2) is 6.68. The minimum Gasteiger partial charge on any atom is -0.339 e. The van der Waals surface area contributed by atoms with Gasteiger partial charge < -0.3 is 10.2 Å². The van der Waals surface area contributed by atoms with Crippen LogP contribution < -0.4 is 5.32 Å². The first-order valence-electron chi connectivity index (χ1n) is 6.92. The molecule has 0 aliphatic carbocycles. The molecular formula is C15H23N3O. The molecule has 19 heavy (non-hydrogen) atoms. The fraction of sp³-hybridized carbons (Fsp3) is 0.533. The third-order valence-electron chi connectivity index (χ3n) is 3.72. The number of hydrogen-bond acceptors (Lipinski definition) is 3. The molecule has 0 spiro atoms. The Balaban J connectivity index is 1.90. The minimum absolute atomic E-state index is 0.0710. The van der Waals surface area contributed by atoms with Crippen LogP contribution in [0.3, 0.4) is 0 Å². The number of likely N-dealkylation sites (N-methyl/N-ethyl adjacent to an activating group) is 1. The highest BCUT2D eigenvalue weighted by atomic mass is 16.2. The molecule has 0 radical (unpaired) electrons. The van der Waals surface area contributed by atoms with Gasteiger partial charge in [0.25, 0.3) is 0 Å². The van der Waals surface area contributed by atoms with Gasteiger partial charge in [0.05, 0.1) is 6.04 Å². The van der Waals surface area contributed by atoms with Crippen LogP contribution in [0.25, 0.3) is 0 Å². The summed E-state index contributed by atoms with van der Waals surface area (Å²) in [6.45, 7) is 6.25. The number of rotatable bonds is 4. The Labute approximate surface area is 115 Å². The van der Waals surface area contributed by atoms with Gasteiger partial charge in [-0.2, -0.15) is 0 Å². The average molecular weight is 261 g/mol. The lowest BCUT2D eigenvalue weighted by Gasteiger charge is -2.33. The second-order valence-corrected chi connectivity index (χ2v) is 5.15. The van der Waals surface area contributed by atoms with E-state index in [4.69, 9.17) is 0 Å². The van der Waals surface area contributed by atoms with Crippen molar-refractivity contribution in [3.8, 4) is 0 Å². The molecule has 2 rings (SSSR count). The molecule has 1 saturated heterocycles. The van der Waals surface area contributed by atoms with Crippen molar-refractivity contribution < 1.29 is 4.79 Å². The minimum atomic E-state index is -0.0710. The molecule has 1 aliphatic heterocycles. The molecule has 1 amide bonds. The molecular weight excluding hydrogens is 238 g/mol. The van der Waals surface area contributed by atoms with Crippen LogP contribution in [0.15, 0.2) is 30.3 Å². The normalized spacial score (nSPS) is 17.5. The summed E-state index contributed by atoms with van der Waals surface area (Å²) in [5.41, 5.74) is 1.24. The van der Waals surface area contributed by atoms with E-state index < -0.39 is 0 Å². The number of amides is 1. The van der Waals surface area contributed by atoms with E-state index in [1.165, 1.54) is 5.56 Å². The van der Waals surface area contributed by atoms with Gasteiger partial charge in [-0.05, 0) is 19.5 Å². The van der Waals surface area contributed by atoms with Gasteiger partial charge in [-0.25, -0.2) is 0 Å². The van der Waals surface area contributed by atoms with Crippen LogP contribution in [0, 0.1) is 0 Å². The lowest BCUT2D eigenvalue weighted by molar-refractivity contribution is -0.136. The Hall–Kier alpha value is -1.39. The Morgan fingerprint density at radius 2 is 1.95 bits per heavy atom. The van der Waals surface area contributed by atoms with Crippen molar-refractivity contribution in [2.45, 2.75) is 19.5 Å². The van der Waals surface area contributed by atoms with Crippen molar-refractivity contribution in [1.82, 2.24) is 15.1 Å². The van der Waals surface area contributed by atoms with E-state index in [0.29, 0.717) is 0 Å². The van der Waals surface area contributed by atoms with Gasteiger partial charge >= 0.3 is 0 Å². The zero-order valence-corrected chi connectivity index (χ0v) is 11.8. The molecule has 0 aromatic heterocycles. The Bertz CT molecular complexity index is 401. The van der Waals surface area contributed by atoms with Crippen LogP contribution in [0.4, 0.5) is 0 Å². The summed E-state index contributed by atoms with van der Waals surface area (Å²) in [5, 5.41) is 3.27. The van der Waals surface area contributed by atoms with Gasteiger partial charge in [-0.3, -0.25) is 9.69 Å². The molecule has 1 aromatic carbocycles. The van der Waals surface area contributed by atoms with Crippen LogP contribution in [-0.4, -0.2) is 55.0 Å². The quantitative estimate of drug-likeness (QED) is 0.876. The molecule has 0 unspecified atom stereocenters. The van der Waals surface area contributed by atoms with Crippen molar-refractivity contribution in [1.29, 1.82) is 0 Å². The zero-order chi connectivity index (χ0) is 13.7. The summed E-state index contributed by atoms with van der Waals surface area (Å²) in [6.07, 6.45) is 0. The van der Waals surface area contributed by atoms with E-state index in [1.807, 2.05) is 37.1 Å². The summed E-state index contributed by atoms with van der Waals surface area (Å²) >= 11 is 0. The van der Waals surface area contributed by atoms with E-state index in [-0.39, 0.29) is 11.9 Å². The highest BCUT2D eigenvalue weighted by Gasteiger charge is 2.24. The Morgan fingerprint density at radius 1 is 1.32 bits per heavy atom. The molecule has 0 saturated carbocycles. The third kappa shape index (κ3) is 3.78. The first-order chi connectivity index (χ1) is 9.18. The molecule has 1 heterocycles. The number of carbonyl (C=O) groups excluding carboxylic acids is 1. The van der Waals surface area contributed by atoms with Gasteiger partial charge in [-0.1, -0.05) is 30.3 Å². The molecule has 0 bridgehead atoms. The van der Waals surface area contributed by atoms with Gasteiger partial charge in [-0.15, -0.1) is 0 Å². The molecule has 1 aliphatic rings. The number of carbonyl (C=O) groups is 1. The number of benzene rings is 1. The average Bonchev–Trinajstić information content (AvgIpc) is 2.47. The van der Waals surface area contributed by atoms with E-state index in [0.717, 1.165) is 32.7 Å². The maximum atomic E-state index is 12.4. The van der Waals surface area contributed by atoms with Gasteiger partial charge in [0.1, 0.15) is 0 Å². The van der Waals surface area contributed by atoms with E-state index in [2.05, 4.69) is 22.3 Å². The molecule has 1 N–H and O–H groups in total. The third-order valence-corrected chi connectivity index (χ3v) is 3.72. The topological polar surface area (TPSA) is 35.6 Å². The maximum absolute atomic E-state index is 12.4. The summed E-state index contributed by atoms with van der Waals surface area (Å²) < 4.78 is 0. The van der Waals surface area contributed by atoms with Crippen LogP contribution in [0.1, 0.15) is 12.5 Å². The van der Waals surface area contributed by atoms with Crippen molar-refractivity contribution in [3.05, 3.63) is 35.9 Å². The van der Waals surface area contributed by atoms with Crippen LogP contribution in [0.5, 0.6) is 0 Å². The number of piperazine rings is 1. The fourth-order valence-corrected chi connectivity index (χ4v) is 2.35. The maximum Gasteiger partial charge on any atom is 0.239 e. The molecule has 104 valence electrons. The Kier molecular flexibility index (Phi) is 4.93. The number of nitrogens with one attached hydrogen (secondary N) is 1. The lowest BCUT2D eigenvalue weighted by atomic mass is 10.1. The molecule has 1 atom stereocenters. The smallest absolute Gasteiger partial charge is 0.239 e. The predicted octanol–water partition coefficient (Wildman–Crippen LogP) is 0.939. The standard InChI is InChI=1S/C15H23N3O/c1-13(15(19)18-10-8-16-9-11-18)17(2)12-14-6-4-3-5-7-14/h3-7,13,16H,8-12H2,1-2H3/t13-/m0/s1. The van der Waals surface area contributed by atoms with Gasteiger partial charge in [0.15, 0.2) is 0 Å². The van der Waals surface area contributed by atoms with E-state index in [1.54, 1.807) is 0 Å². The molecule has 4 nitrogen and oxygen atoms in total. The largest absolute Gasteiger partial charge is 0.339 e. The lowest BCUT2D eigenvalue weighted by Crippen LogP contribution is -2.52. The zero-order valence-electron chi connectivity index (χ0n) is 11.8. The first-order valence-corrected chi connectivity index (χ1v) is 6.92. The first kappa shape index (κ1) is 14.0. The molecule has 1 aromatic rings. The van der Waals surface area contributed by atoms with E-state index >= 15 is 0 Å². The van der Waals surface area contributed by atoms with Gasteiger partial charge in [0, 0.05) is 32.7 Å². The number of hydrogen-bond donors (Lipinski definition) is 1. The van der Waals surface area contributed by atoms with Crippen LogP contribution >= 0.6 is 0 Å². The molecule has 4 heteroatoms. The van der Waals surface area contributed by atoms with Crippen LogP contribution in [-0.2, 0) is 11.3 Å². The summed E-state index contributed by atoms with van der Waals surface area (Å²) in [7, 11) is 2.01. The van der Waals surface area contributed by atoms with Gasteiger partial charge in [0.2, 0.25) is 5.91 Å². The monoisotopic (exact) mass is 261 g/mol. The van der Waals surface area contributed by atoms with Crippen molar-refractivity contribution in [2.24, 2.45) is 0 Å².